The number of hydrogen-bond donors (Lipinski definition) is 1. The van der Waals surface area contributed by atoms with Crippen LogP contribution in [0.25, 0.3) is 0 Å². The molecule has 0 aromatic carbocycles. The second kappa shape index (κ2) is 4.78. The van der Waals surface area contributed by atoms with Gasteiger partial charge in [0.2, 0.25) is 0 Å². The fourth-order valence-corrected chi connectivity index (χ4v) is 2.58. The van der Waals surface area contributed by atoms with Crippen LogP contribution in [0.1, 0.15) is 19.3 Å². The molecular formula is C11H22N2O2. The summed E-state index contributed by atoms with van der Waals surface area (Å²) in [5.41, 5.74) is 5.90. The van der Waals surface area contributed by atoms with Crippen LogP contribution in [0.2, 0.25) is 0 Å². The summed E-state index contributed by atoms with van der Waals surface area (Å²) in [5, 5.41) is 0. The van der Waals surface area contributed by atoms with Crippen molar-refractivity contribution in [3.05, 3.63) is 0 Å². The van der Waals surface area contributed by atoms with Crippen LogP contribution in [-0.4, -0.2) is 56.5 Å². The van der Waals surface area contributed by atoms with Gasteiger partial charge in [0.15, 0.2) is 0 Å². The molecule has 2 aliphatic rings. The van der Waals surface area contributed by atoms with Crippen molar-refractivity contribution >= 4 is 0 Å². The molecular weight excluding hydrogens is 192 g/mol. The van der Waals surface area contributed by atoms with Gasteiger partial charge in [0.1, 0.15) is 5.60 Å². The Balaban J connectivity index is 1.88. The number of nitrogens with two attached hydrogens (primary N) is 1. The fraction of sp³-hybridized carbons (Fsp3) is 1.00. The molecule has 0 aromatic rings. The number of hydrogen-bond acceptors (Lipinski definition) is 4. The summed E-state index contributed by atoms with van der Waals surface area (Å²) in [6.45, 7) is 4.68. The van der Waals surface area contributed by atoms with Crippen LogP contribution in [0.5, 0.6) is 0 Å². The second-order valence-corrected chi connectivity index (χ2v) is 4.83. The van der Waals surface area contributed by atoms with Crippen molar-refractivity contribution in [1.29, 1.82) is 0 Å². The first kappa shape index (κ1) is 11.3. The van der Waals surface area contributed by atoms with E-state index in [1.807, 2.05) is 0 Å². The molecule has 15 heavy (non-hydrogen) atoms. The highest BCUT2D eigenvalue weighted by atomic mass is 16.5. The van der Waals surface area contributed by atoms with Crippen molar-refractivity contribution in [2.24, 2.45) is 5.73 Å². The third kappa shape index (κ3) is 2.69. The second-order valence-electron chi connectivity index (χ2n) is 4.83. The maximum atomic E-state index is 5.97. The molecule has 2 unspecified atom stereocenters. The Labute approximate surface area is 91.7 Å². The Morgan fingerprint density at radius 3 is 3.07 bits per heavy atom. The van der Waals surface area contributed by atoms with Crippen LogP contribution in [-0.2, 0) is 9.47 Å². The maximum absolute atomic E-state index is 5.97. The topological polar surface area (TPSA) is 47.7 Å². The lowest BCUT2D eigenvalue weighted by atomic mass is 9.99. The van der Waals surface area contributed by atoms with Gasteiger partial charge in [0.05, 0.1) is 6.61 Å². The first-order valence-corrected chi connectivity index (χ1v) is 5.85. The molecule has 0 amide bonds. The molecule has 4 heteroatoms. The largest absolute Gasteiger partial charge is 0.378 e. The predicted octanol–water partition coefficient (Wildman–Crippen LogP) is 0.215. The number of piperidine rings is 1. The Morgan fingerprint density at radius 1 is 1.60 bits per heavy atom. The number of methoxy groups -OCH3 is 1. The van der Waals surface area contributed by atoms with Crippen molar-refractivity contribution in [1.82, 2.24) is 4.90 Å². The van der Waals surface area contributed by atoms with Crippen LogP contribution >= 0.6 is 0 Å². The summed E-state index contributed by atoms with van der Waals surface area (Å²) in [7, 11) is 1.79. The third-order valence-electron chi connectivity index (χ3n) is 3.55. The quantitative estimate of drug-likeness (QED) is 0.730. The van der Waals surface area contributed by atoms with E-state index in [1.165, 1.54) is 6.42 Å². The lowest BCUT2D eigenvalue weighted by molar-refractivity contribution is -0.0446. The minimum Gasteiger partial charge on any atom is -0.378 e. The highest BCUT2D eigenvalue weighted by Gasteiger charge is 2.37. The molecule has 0 saturated carbocycles. The van der Waals surface area contributed by atoms with E-state index in [2.05, 4.69) is 4.90 Å². The van der Waals surface area contributed by atoms with Gasteiger partial charge in [0.25, 0.3) is 0 Å². The Kier molecular flexibility index (Phi) is 3.61. The van der Waals surface area contributed by atoms with Crippen LogP contribution < -0.4 is 5.73 Å². The Bertz CT molecular complexity index is 205. The van der Waals surface area contributed by atoms with Gasteiger partial charge >= 0.3 is 0 Å². The van der Waals surface area contributed by atoms with Crippen LogP contribution in [0, 0.1) is 0 Å². The Morgan fingerprint density at radius 2 is 2.47 bits per heavy atom. The van der Waals surface area contributed by atoms with E-state index in [1.54, 1.807) is 7.11 Å². The molecule has 2 heterocycles. The Hall–Kier alpha value is -0.160. The van der Waals surface area contributed by atoms with Crippen molar-refractivity contribution in [3.8, 4) is 0 Å². The highest BCUT2D eigenvalue weighted by Crippen LogP contribution is 2.24. The van der Waals surface area contributed by atoms with Gasteiger partial charge in [0, 0.05) is 39.3 Å². The predicted molar refractivity (Wildman–Crippen MR) is 58.8 cm³/mol. The van der Waals surface area contributed by atoms with E-state index < -0.39 is 0 Å². The molecule has 2 aliphatic heterocycles. The molecule has 4 nitrogen and oxygen atoms in total. The molecule has 0 spiro atoms. The first-order chi connectivity index (χ1) is 7.24. The molecule has 2 saturated heterocycles. The van der Waals surface area contributed by atoms with Gasteiger partial charge in [-0.1, -0.05) is 0 Å². The highest BCUT2D eigenvalue weighted by molar-refractivity contribution is 4.90. The molecule has 2 N–H and O–H groups in total. The molecule has 88 valence electrons. The van der Waals surface area contributed by atoms with E-state index in [0.717, 1.165) is 45.7 Å². The van der Waals surface area contributed by atoms with Gasteiger partial charge in [-0.15, -0.1) is 0 Å². The van der Waals surface area contributed by atoms with Crippen LogP contribution in [0.3, 0.4) is 0 Å². The normalized spacial score (nSPS) is 38.4. The van der Waals surface area contributed by atoms with E-state index >= 15 is 0 Å². The van der Waals surface area contributed by atoms with E-state index in [-0.39, 0.29) is 5.60 Å². The monoisotopic (exact) mass is 214 g/mol. The third-order valence-corrected chi connectivity index (χ3v) is 3.55. The molecule has 2 rings (SSSR count). The first-order valence-electron chi connectivity index (χ1n) is 5.85. The summed E-state index contributed by atoms with van der Waals surface area (Å²) in [5.74, 6) is 0. The smallest absolute Gasteiger partial charge is 0.106 e. The van der Waals surface area contributed by atoms with Crippen molar-refractivity contribution < 1.29 is 9.47 Å². The average Bonchev–Trinajstić information content (AvgIpc) is 2.67. The van der Waals surface area contributed by atoms with Gasteiger partial charge in [-0.2, -0.15) is 0 Å². The van der Waals surface area contributed by atoms with Gasteiger partial charge < -0.3 is 15.2 Å². The molecule has 0 aromatic heterocycles. The molecule has 2 fully saturated rings. The number of likely N-dealkylation sites (tertiary alicyclic amines) is 1. The van der Waals surface area contributed by atoms with Crippen LogP contribution in [0.15, 0.2) is 0 Å². The molecule has 0 radical (unpaired) electrons. The zero-order chi connectivity index (χ0) is 10.7. The van der Waals surface area contributed by atoms with Crippen molar-refractivity contribution in [3.63, 3.8) is 0 Å². The van der Waals surface area contributed by atoms with Gasteiger partial charge in [-0.05, 0) is 19.4 Å². The summed E-state index contributed by atoms with van der Waals surface area (Å²) in [4.78, 5) is 2.42. The zero-order valence-electron chi connectivity index (χ0n) is 9.58. The summed E-state index contributed by atoms with van der Waals surface area (Å²) in [6, 6.07) is 0.343. The number of ether oxygens (including phenoxy) is 2. The fourth-order valence-electron chi connectivity index (χ4n) is 2.58. The van der Waals surface area contributed by atoms with Gasteiger partial charge in [-0.25, -0.2) is 0 Å². The van der Waals surface area contributed by atoms with Crippen molar-refractivity contribution in [2.75, 3.05) is 40.0 Å². The van der Waals surface area contributed by atoms with Crippen LogP contribution in [0.4, 0.5) is 0 Å². The van der Waals surface area contributed by atoms with E-state index in [0.29, 0.717) is 6.04 Å². The molecule has 2 atom stereocenters. The molecule has 0 bridgehead atoms. The van der Waals surface area contributed by atoms with Gasteiger partial charge in [-0.3, -0.25) is 4.90 Å². The van der Waals surface area contributed by atoms with E-state index in [4.69, 9.17) is 15.2 Å². The summed E-state index contributed by atoms with van der Waals surface area (Å²) >= 11 is 0. The minimum atomic E-state index is -0.0724. The summed E-state index contributed by atoms with van der Waals surface area (Å²) in [6.07, 6.45) is 3.38. The lowest BCUT2D eigenvalue weighted by Gasteiger charge is -2.37. The summed E-state index contributed by atoms with van der Waals surface area (Å²) < 4.78 is 11.1. The van der Waals surface area contributed by atoms with Crippen molar-refractivity contribution in [2.45, 2.75) is 30.9 Å². The maximum Gasteiger partial charge on any atom is 0.106 e. The zero-order valence-corrected chi connectivity index (χ0v) is 9.58. The minimum absolute atomic E-state index is 0.0724. The molecule has 0 aliphatic carbocycles. The van der Waals surface area contributed by atoms with E-state index in [9.17, 15) is 0 Å². The standard InChI is InChI=1S/C11H22N2O2/c1-14-11(4-6-15-9-11)8-13-5-2-3-10(12)7-13/h10H,2-9,12H2,1H3. The average molecular weight is 214 g/mol. The number of nitrogens with zero attached hydrogens (tertiary/aromatic N) is 1. The SMILES string of the molecule is COC1(CN2CCCC(N)C2)CCOC1. The number of rotatable bonds is 3. The lowest BCUT2D eigenvalue weighted by Crippen LogP contribution is -2.51.